The Morgan fingerprint density at radius 3 is 2.21 bits per heavy atom. The molecule has 0 aliphatic carbocycles. The summed E-state index contributed by atoms with van der Waals surface area (Å²) >= 11 is 0. The first-order valence-electron chi connectivity index (χ1n) is 6.02. The highest BCUT2D eigenvalue weighted by atomic mass is 16.6. The van der Waals surface area contributed by atoms with E-state index >= 15 is 0 Å². The number of ketones is 1. The summed E-state index contributed by atoms with van der Waals surface area (Å²) in [6, 6.07) is 20.2. The van der Waals surface area contributed by atoms with Crippen LogP contribution in [0.4, 0.5) is 0 Å². The van der Waals surface area contributed by atoms with Gasteiger partial charge in [-0.15, -0.1) is 0 Å². The normalized spacial score (nSPS) is 24.5. The number of carbonyl (C=O) groups excluding carboxylic acids is 1. The van der Waals surface area contributed by atoms with Crippen LogP contribution in [0.5, 0.6) is 0 Å². The van der Waals surface area contributed by atoms with E-state index in [1.807, 2.05) is 42.5 Å². The summed E-state index contributed by atoms with van der Waals surface area (Å²) in [7, 11) is 0. The molecule has 2 aromatic carbocycles. The second-order valence-electron chi connectivity index (χ2n) is 4.45. The SMILES string of the molecule is N#C[C@@]1(C(=O)c2ccccc2)O[C@H]1c1ccccc1. The molecule has 2 aromatic rings. The van der Waals surface area contributed by atoms with Crippen LogP contribution in [0.25, 0.3) is 0 Å². The molecule has 0 aromatic heterocycles. The van der Waals surface area contributed by atoms with E-state index in [4.69, 9.17) is 4.74 Å². The third-order valence-electron chi connectivity index (χ3n) is 3.26. The Bertz CT molecular complexity index is 645. The number of carbonyl (C=O) groups is 1. The van der Waals surface area contributed by atoms with Crippen molar-refractivity contribution < 1.29 is 9.53 Å². The summed E-state index contributed by atoms with van der Waals surface area (Å²) in [6.45, 7) is 0. The Morgan fingerprint density at radius 2 is 1.63 bits per heavy atom. The van der Waals surface area contributed by atoms with E-state index in [-0.39, 0.29) is 5.78 Å². The van der Waals surface area contributed by atoms with Gasteiger partial charge in [0.25, 0.3) is 0 Å². The van der Waals surface area contributed by atoms with Gasteiger partial charge in [0.15, 0.2) is 0 Å². The second kappa shape index (κ2) is 4.34. The van der Waals surface area contributed by atoms with Gasteiger partial charge in [-0.2, -0.15) is 5.26 Å². The van der Waals surface area contributed by atoms with Gasteiger partial charge in [-0.25, -0.2) is 0 Å². The molecule has 1 heterocycles. The summed E-state index contributed by atoms with van der Waals surface area (Å²) in [5.41, 5.74) is -0.00119. The molecule has 3 rings (SSSR count). The Labute approximate surface area is 111 Å². The first-order valence-corrected chi connectivity index (χ1v) is 6.02. The molecule has 3 heteroatoms. The van der Waals surface area contributed by atoms with Crippen molar-refractivity contribution in [3.8, 4) is 6.07 Å². The fourth-order valence-corrected chi connectivity index (χ4v) is 2.19. The minimum Gasteiger partial charge on any atom is -0.338 e. The molecule has 3 nitrogen and oxygen atoms in total. The zero-order valence-corrected chi connectivity index (χ0v) is 10.1. The summed E-state index contributed by atoms with van der Waals surface area (Å²) in [4.78, 5) is 12.4. The highest BCUT2D eigenvalue weighted by molar-refractivity contribution is 6.07. The van der Waals surface area contributed by atoms with Gasteiger partial charge in [0.05, 0.1) is 0 Å². The van der Waals surface area contributed by atoms with Crippen molar-refractivity contribution in [1.29, 1.82) is 5.26 Å². The average molecular weight is 249 g/mol. The fraction of sp³-hybridized carbons (Fsp3) is 0.125. The maximum absolute atomic E-state index is 12.4. The summed E-state index contributed by atoms with van der Waals surface area (Å²) < 4.78 is 5.45. The lowest BCUT2D eigenvalue weighted by Gasteiger charge is -2.03. The van der Waals surface area contributed by atoms with E-state index in [9.17, 15) is 10.1 Å². The first-order chi connectivity index (χ1) is 9.28. The maximum atomic E-state index is 12.4. The largest absolute Gasteiger partial charge is 0.338 e. The number of rotatable bonds is 3. The van der Waals surface area contributed by atoms with Crippen molar-refractivity contribution in [3.63, 3.8) is 0 Å². The number of nitrogens with zero attached hydrogens (tertiary/aromatic N) is 1. The lowest BCUT2D eigenvalue weighted by atomic mass is 9.92. The lowest BCUT2D eigenvalue weighted by Crippen LogP contribution is -2.23. The van der Waals surface area contributed by atoms with Gasteiger partial charge in [-0.3, -0.25) is 4.79 Å². The minimum atomic E-state index is -1.36. The zero-order valence-electron chi connectivity index (χ0n) is 10.1. The molecule has 0 saturated carbocycles. The molecule has 0 spiro atoms. The number of ether oxygens (including phenoxy) is 1. The topological polar surface area (TPSA) is 53.4 Å². The maximum Gasteiger partial charge on any atom is 0.248 e. The fourth-order valence-electron chi connectivity index (χ4n) is 2.19. The number of nitriles is 1. The van der Waals surface area contributed by atoms with Gasteiger partial charge < -0.3 is 4.74 Å². The number of benzene rings is 2. The molecule has 1 saturated heterocycles. The van der Waals surface area contributed by atoms with Crippen molar-refractivity contribution >= 4 is 5.78 Å². The van der Waals surface area contributed by atoms with Gasteiger partial charge in [0.1, 0.15) is 12.2 Å². The third-order valence-corrected chi connectivity index (χ3v) is 3.26. The van der Waals surface area contributed by atoms with Gasteiger partial charge in [0, 0.05) is 5.56 Å². The first kappa shape index (κ1) is 11.6. The quantitative estimate of drug-likeness (QED) is 0.620. The van der Waals surface area contributed by atoms with Gasteiger partial charge in [-0.05, 0) is 5.56 Å². The molecule has 19 heavy (non-hydrogen) atoms. The van der Waals surface area contributed by atoms with E-state index in [1.54, 1.807) is 24.3 Å². The average Bonchev–Trinajstić information content (AvgIpc) is 3.24. The Morgan fingerprint density at radius 1 is 1.05 bits per heavy atom. The molecule has 1 fully saturated rings. The minimum absolute atomic E-state index is 0.274. The van der Waals surface area contributed by atoms with Crippen LogP contribution in [0.2, 0.25) is 0 Å². The standard InChI is InChI=1S/C16H11NO2/c17-11-16(14(18)12-7-3-1-4-8-12)15(19-16)13-9-5-2-6-10-13/h1-10,15H/t15-,16-/m0/s1. The monoisotopic (exact) mass is 249 g/mol. The summed E-state index contributed by atoms with van der Waals surface area (Å²) in [5.74, 6) is -0.274. The van der Waals surface area contributed by atoms with E-state index in [2.05, 4.69) is 0 Å². The van der Waals surface area contributed by atoms with Crippen LogP contribution >= 0.6 is 0 Å². The molecule has 0 radical (unpaired) electrons. The smallest absolute Gasteiger partial charge is 0.248 e. The zero-order chi connectivity index (χ0) is 13.3. The van der Waals surface area contributed by atoms with Crippen LogP contribution in [0, 0.1) is 11.3 Å². The third kappa shape index (κ3) is 1.83. The highest BCUT2D eigenvalue weighted by Crippen LogP contribution is 2.50. The number of hydrogen-bond donors (Lipinski definition) is 0. The molecule has 0 bridgehead atoms. The molecule has 0 unspecified atom stereocenters. The lowest BCUT2D eigenvalue weighted by molar-refractivity contribution is 0.0914. The van der Waals surface area contributed by atoms with Crippen LogP contribution in [0.3, 0.4) is 0 Å². The van der Waals surface area contributed by atoms with Crippen LogP contribution < -0.4 is 0 Å². The number of hydrogen-bond acceptors (Lipinski definition) is 3. The molecule has 0 N–H and O–H groups in total. The Kier molecular flexibility index (Phi) is 2.66. The molecular formula is C16H11NO2. The summed E-state index contributed by atoms with van der Waals surface area (Å²) in [5, 5.41) is 9.32. The summed E-state index contributed by atoms with van der Waals surface area (Å²) in [6.07, 6.45) is -0.466. The predicted molar refractivity (Wildman–Crippen MR) is 69.4 cm³/mol. The molecule has 2 atom stereocenters. The van der Waals surface area contributed by atoms with Crippen LogP contribution in [-0.4, -0.2) is 11.4 Å². The predicted octanol–water partition coefficient (Wildman–Crippen LogP) is 2.90. The van der Waals surface area contributed by atoms with Gasteiger partial charge >= 0.3 is 0 Å². The highest BCUT2D eigenvalue weighted by Gasteiger charge is 2.64. The second-order valence-corrected chi connectivity index (χ2v) is 4.45. The van der Waals surface area contributed by atoms with Crippen LogP contribution in [0.15, 0.2) is 60.7 Å². The number of epoxide rings is 1. The van der Waals surface area contributed by atoms with Gasteiger partial charge in [0.2, 0.25) is 11.4 Å². The van der Waals surface area contributed by atoms with Crippen LogP contribution in [-0.2, 0) is 4.74 Å². The molecular weight excluding hydrogens is 238 g/mol. The van der Waals surface area contributed by atoms with E-state index in [0.29, 0.717) is 5.56 Å². The van der Waals surface area contributed by atoms with Crippen molar-refractivity contribution in [2.45, 2.75) is 11.7 Å². The molecule has 1 aliphatic rings. The van der Waals surface area contributed by atoms with Gasteiger partial charge in [-0.1, -0.05) is 60.7 Å². The van der Waals surface area contributed by atoms with E-state index in [1.165, 1.54) is 0 Å². The van der Waals surface area contributed by atoms with E-state index < -0.39 is 11.7 Å². The van der Waals surface area contributed by atoms with Crippen molar-refractivity contribution in [2.75, 3.05) is 0 Å². The van der Waals surface area contributed by atoms with Crippen molar-refractivity contribution in [2.24, 2.45) is 0 Å². The Hall–Kier alpha value is -2.44. The number of Topliss-reactive ketones (excluding diaryl/α,β-unsaturated/α-hetero) is 1. The van der Waals surface area contributed by atoms with Crippen LogP contribution in [0.1, 0.15) is 22.0 Å². The Balaban J connectivity index is 1.92. The molecule has 1 aliphatic heterocycles. The van der Waals surface area contributed by atoms with E-state index in [0.717, 1.165) is 5.56 Å². The molecule has 92 valence electrons. The van der Waals surface area contributed by atoms with Crippen molar-refractivity contribution in [1.82, 2.24) is 0 Å². The molecule has 0 amide bonds. The van der Waals surface area contributed by atoms with Crippen molar-refractivity contribution in [3.05, 3.63) is 71.8 Å².